The maximum absolute atomic E-state index is 10.8. The number of hydrogen-bond acceptors (Lipinski definition) is 6. The smallest absolute Gasteiger partial charge is 0.313 e. The van der Waals surface area contributed by atoms with Gasteiger partial charge in [0.25, 0.3) is 0 Å². The van der Waals surface area contributed by atoms with Crippen LogP contribution in [0.5, 0.6) is 0 Å². The Hall–Kier alpha value is -3.11. The van der Waals surface area contributed by atoms with Crippen LogP contribution in [0.1, 0.15) is 5.56 Å². The minimum Gasteiger partial charge on any atom is -0.481 e. The number of anilines is 2. The lowest BCUT2D eigenvalue weighted by molar-refractivity contribution is -0.133. The van der Waals surface area contributed by atoms with Crippen molar-refractivity contribution in [2.24, 2.45) is 0 Å². The Balaban J connectivity index is 1.97. The number of rotatable bonds is 5. The molecule has 0 amide bonds. The highest BCUT2D eigenvalue weighted by Gasteiger charge is 2.10. The number of fused-ring (bicyclic) bond motifs is 1. The van der Waals surface area contributed by atoms with Gasteiger partial charge in [0, 0.05) is 11.1 Å². The molecule has 0 aliphatic heterocycles. The van der Waals surface area contributed by atoms with Crippen LogP contribution in [0.25, 0.3) is 10.9 Å². The monoisotopic (exact) mass is 336 g/mol. The zero-order valence-corrected chi connectivity index (χ0v) is 13.2. The minimum atomic E-state index is -0.918. The normalized spacial score (nSPS) is 10.3. The maximum Gasteiger partial charge on any atom is 0.313 e. The number of carbonyl (C=O) groups is 1. The zero-order valence-electron chi connectivity index (χ0n) is 12.4. The Morgan fingerprint density at radius 2 is 1.92 bits per heavy atom. The highest BCUT2D eigenvalue weighted by Crippen LogP contribution is 2.26. The molecule has 3 rings (SSSR count). The molecule has 0 saturated carbocycles. The Morgan fingerprint density at radius 3 is 2.62 bits per heavy atom. The topological polar surface area (TPSA) is 98.9 Å². The van der Waals surface area contributed by atoms with E-state index in [4.69, 9.17) is 10.4 Å². The average molecular weight is 336 g/mol. The Labute approximate surface area is 142 Å². The molecule has 0 bridgehead atoms. The van der Waals surface area contributed by atoms with E-state index in [1.807, 2.05) is 24.3 Å². The molecule has 0 unspecified atom stereocenters. The van der Waals surface area contributed by atoms with E-state index in [0.29, 0.717) is 16.5 Å². The first kappa shape index (κ1) is 15.8. The number of para-hydroxylation sites is 1. The van der Waals surface area contributed by atoms with Gasteiger partial charge in [0.2, 0.25) is 0 Å². The predicted molar refractivity (Wildman–Crippen MR) is 92.3 cm³/mol. The summed E-state index contributed by atoms with van der Waals surface area (Å²) in [6.07, 6.45) is 0. The molecule has 1 heterocycles. The van der Waals surface area contributed by atoms with Crippen LogP contribution < -0.4 is 5.32 Å². The van der Waals surface area contributed by atoms with Crippen LogP contribution in [0.3, 0.4) is 0 Å². The lowest BCUT2D eigenvalue weighted by Crippen LogP contribution is -2.02. The van der Waals surface area contributed by atoms with Gasteiger partial charge in [0.15, 0.2) is 5.16 Å². The fourth-order valence-electron chi connectivity index (χ4n) is 2.11. The van der Waals surface area contributed by atoms with Crippen molar-refractivity contribution in [1.29, 1.82) is 5.26 Å². The molecule has 0 aliphatic rings. The van der Waals surface area contributed by atoms with Gasteiger partial charge >= 0.3 is 5.97 Å². The number of carboxylic acid groups (broad SMARTS) is 1. The van der Waals surface area contributed by atoms with Gasteiger partial charge in [-0.05, 0) is 36.4 Å². The molecule has 0 fully saturated rings. The number of aromatic nitrogens is 2. The van der Waals surface area contributed by atoms with E-state index in [1.54, 1.807) is 24.3 Å². The molecule has 0 atom stereocenters. The quantitative estimate of drug-likeness (QED) is 0.544. The van der Waals surface area contributed by atoms with Crippen LogP contribution in [0, 0.1) is 11.3 Å². The second-order valence-electron chi connectivity index (χ2n) is 4.87. The first-order valence-electron chi connectivity index (χ1n) is 7.04. The lowest BCUT2D eigenvalue weighted by atomic mass is 10.2. The van der Waals surface area contributed by atoms with Gasteiger partial charge in [-0.25, -0.2) is 9.97 Å². The molecule has 1 aromatic heterocycles. The van der Waals surface area contributed by atoms with Gasteiger partial charge in [-0.15, -0.1) is 0 Å². The molecule has 0 aliphatic carbocycles. The average Bonchev–Trinajstić information content (AvgIpc) is 2.60. The highest BCUT2D eigenvalue weighted by molar-refractivity contribution is 7.99. The summed E-state index contributed by atoms with van der Waals surface area (Å²) in [5.74, 6) is -0.425. The number of thioether (sulfide) groups is 1. The first-order chi connectivity index (χ1) is 11.7. The van der Waals surface area contributed by atoms with Crippen molar-refractivity contribution in [1.82, 2.24) is 9.97 Å². The van der Waals surface area contributed by atoms with E-state index >= 15 is 0 Å². The van der Waals surface area contributed by atoms with E-state index in [0.717, 1.165) is 28.4 Å². The number of nitriles is 1. The summed E-state index contributed by atoms with van der Waals surface area (Å²) in [4.78, 5) is 19.6. The van der Waals surface area contributed by atoms with Crippen LogP contribution in [0.4, 0.5) is 11.5 Å². The second-order valence-corrected chi connectivity index (χ2v) is 5.81. The number of nitrogens with one attached hydrogen (secondary N) is 1. The number of aliphatic carboxylic acids is 1. The molecular weight excluding hydrogens is 324 g/mol. The second kappa shape index (κ2) is 6.98. The van der Waals surface area contributed by atoms with Gasteiger partial charge < -0.3 is 10.4 Å². The van der Waals surface area contributed by atoms with Gasteiger partial charge in [0.1, 0.15) is 5.82 Å². The van der Waals surface area contributed by atoms with E-state index in [-0.39, 0.29) is 5.75 Å². The van der Waals surface area contributed by atoms with Crippen molar-refractivity contribution in [2.45, 2.75) is 5.16 Å². The Morgan fingerprint density at radius 1 is 1.17 bits per heavy atom. The third-order valence-corrected chi connectivity index (χ3v) is 4.02. The van der Waals surface area contributed by atoms with E-state index in [2.05, 4.69) is 21.4 Å². The van der Waals surface area contributed by atoms with Crippen molar-refractivity contribution < 1.29 is 9.90 Å². The summed E-state index contributed by atoms with van der Waals surface area (Å²) in [5, 5.41) is 22.1. The number of benzene rings is 2. The highest BCUT2D eigenvalue weighted by atomic mass is 32.2. The molecule has 118 valence electrons. The van der Waals surface area contributed by atoms with Gasteiger partial charge in [-0.1, -0.05) is 23.9 Å². The summed E-state index contributed by atoms with van der Waals surface area (Å²) in [5.41, 5.74) is 2.09. The molecule has 0 spiro atoms. The van der Waals surface area contributed by atoms with Crippen molar-refractivity contribution in [3.8, 4) is 6.07 Å². The molecule has 0 radical (unpaired) electrons. The van der Waals surface area contributed by atoms with Crippen LogP contribution in [0.15, 0.2) is 53.7 Å². The van der Waals surface area contributed by atoms with Gasteiger partial charge in [-0.3, -0.25) is 4.79 Å². The molecule has 2 aromatic carbocycles. The van der Waals surface area contributed by atoms with Crippen LogP contribution in [0.2, 0.25) is 0 Å². The molecule has 0 saturated heterocycles. The summed E-state index contributed by atoms with van der Waals surface area (Å²) in [7, 11) is 0. The minimum absolute atomic E-state index is 0.103. The largest absolute Gasteiger partial charge is 0.481 e. The number of hydrogen-bond donors (Lipinski definition) is 2. The van der Waals surface area contributed by atoms with E-state index in [9.17, 15) is 4.79 Å². The van der Waals surface area contributed by atoms with Crippen LogP contribution in [-0.2, 0) is 4.79 Å². The fraction of sp³-hybridized carbons (Fsp3) is 0.0588. The Bertz CT molecular complexity index is 935. The third kappa shape index (κ3) is 3.62. The fourth-order valence-corrected chi connectivity index (χ4v) is 2.68. The molecule has 24 heavy (non-hydrogen) atoms. The molecule has 3 aromatic rings. The predicted octanol–water partition coefficient (Wildman–Crippen LogP) is 3.42. The lowest BCUT2D eigenvalue weighted by Gasteiger charge is -2.10. The summed E-state index contributed by atoms with van der Waals surface area (Å²) < 4.78 is 0. The van der Waals surface area contributed by atoms with Crippen LogP contribution in [-0.4, -0.2) is 26.8 Å². The van der Waals surface area contributed by atoms with E-state index in [1.165, 1.54) is 0 Å². The third-order valence-electron chi connectivity index (χ3n) is 3.18. The van der Waals surface area contributed by atoms with Gasteiger partial charge in [0.05, 0.1) is 22.9 Å². The summed E-state index contributed by atoms with van der Waals surface area (Å²) >= 11 is 1.07. The molecular formula is C17H12N4O2S. The zero-order chi connectivity index (χ0) is 16.9. The van der Waals surface area contributed by atoms with Crippen molar-refractivity contribution in [2.75, 3.05) is 11.1 Å². The number of carboxylic acids is 1. The van der Waals surface area contributed by atoms with E-state index < -0.39 is 5.97 Å². The summed E-state index contributed by atoms with van der Waals surface area (Å²) in [6.45, 7) is 0. The molecule has 6 nitrogen and oxygen atoms in total. The number of nitrogens with zero attached hydrogens (tertiary/aromatic N) is 3. The van der Waals surface area contributed by atoms with Crippen molar-refractivity contribution in [3.05, 3.63) is 54.1 Å². The van der Waals surface area contributed by atoms with Crippen molar-refractivity contribution in [3.63, 3.8) is 0 Å². The SMILES string of the molecule is N#Cc1ccc(Nc2nc(SCC(=O)O)nc3ccccc23)cc1. The Kier molecular flexibility index (Phi) is 4.59. The van der Waals surface area contributed by atoms with Gasteiger partial charge in [-0.2, -0.15) is 5.26 Å². The first-order valence-corrected chi connectivity index (χ1v) is 8.03. The van der Waals surface area contributed by atoms with Crippen molar-refractivity contribution >= 4 is 40.1 Å². The maximum atomic E-state index is 10.8. The van der Waals surface area contributed by atoms with Crippen LogP contribution >= 0.6 is 11.8 Å². The summed E-state index contributed by atoms with van der Waals surface area (Å²) in [6, 6.07) is 16.6. The standard InChI is InChI=1S/C17H12N4O2S/c18-9-11-5-7-12(8-6-11)19-16-13-3-1-2-4-14(13)20-17(21-16)24-10-15(22)23/h1-8H,10H2,(H,22,23)(H,19,20,21). The molecule has 7 heteroatoms. The molecule has 2 N–H and O–H groups in total.